The third kappa shape index (κ3) is 0.863. The Morgan fingerprint density at radius 1 is 1.50 bits per heavy atom. The number of fused-ring (bicyclic) bond motifs is 1. The van der Waals surface area contributed by atoms with Gasteiger partial charge in [-0.05, 0) is 12.1 Å². The van der Waals surface area contributed by atoms with E-state index in [1.54, 1.807) is 13.3 Å². The van der Waals surface area contributed by atoms with Crippen LogP contribution in [0.1, 0.15) is 0 Å². The van der Waals surface area contributed by atoms with Crippen LogP contribution < -0.4 is 4.74 Å². The van der Waals surface area contributed by atoms with Gasteiger partial charge in [0, 0.05) is 19.3 Å². The Balaban J connectivity index is 2.78. The molecule has 0 aromatic carbocycles. The second-order valence-electron chi connectivity index (χ2n) is 2.65. The fraction of sp³-hybridized carbons (Fsp3) is 0.222. The number of methoxy groups -OCH3 is 1. The first-order valence-electron chi connectivity index (χ1n) is 3.77. The van der Waals surface area contributed by atoms with Gasteiger partial charge in [0.05, 0.1) is 18.1 Å². The van der Waals surface area contributed by atoms with Gasteiger partial charge in [-0.15, -0.1) is 0 Å². The Kier molecular flexibility index (Phi) is 1.50. The number of nitrogens with zero attached hydrogens (tertiary/aromatic N) is 2. The quantitative estimate of drug-likeness (QED) is 0.636. The van der Waals surface area contributed by atoms with Crippen LogP contribution in [-0.4, -0.2) is 16.7 Å². The summed E-state index contributed by atoms with van der Waals surface area (Å²) < 4.78 is 7.13. The molecule has 0 atom stereocenters. The van der Waals surface area contributed by atoms with Crippen molar-refractivity contribution in [3.63, 3.8) is 0 Å². The second kappa shape index (κ2) is 2.52. The minimum absolute atomic E-state index is 0.837. The number of hydrogen-bond donors (Lipinski definition) is 0. The molecule has 2 aromatic heterocycles. The molecule has 0 unspecified atom stereocenters. The van der Waals surface area contributed by atoms with Crippen LogP contribution in [0.5, 0.6) is 5.88 Å². The molecule has 0 fully saturated rings. The molecule has 0 amide bonds. The summed E-state index contributed by atoms with van der Waals surface area (Å²) in [5.41, 5.74) is 2.06. The topological polar surface area (TPSA) is 27.1 Å². The van der Waals surface area contributed by atoms with Gasteiger partial charge in [-0.3, -0.25) is 4.98 Å². The lowest BCUT2D eigenvalue weighted by molar-refractivity contribution is 0.384. The average molecular weight is 162 g/mol. The zero-order valence-corrected chi connectivity index (χ0v) is 7.11. The van der Waals surface area contributed by atoms with Crippen LogP contribution in [0.15, 0.2) is 24.4 Å². The Bertz CT molecular complexity index is 406. The third-order valence-corrected chi connectivity index (χ3v) is 1.98. The van der Waals surface area contributed by atoms with E-state index in [1.165, 1.54) is 0 Å². The van der Waals surface area contributed by atoms with Crippen LogP contribution >= 0.6 is 0 Å². The number of hydrogen-bond acceptors (Lipinski definition) is 2. The van der Waals surface area contributed by atoms with Crippen LogP contribution in [0, 0.1) is 0 Å². The largest absolute Gasteiger partial charge is 0.482 e. The summed E-state index contributed by atoms with van der Waals surface area (Å²) in [6, 6.07) is 5.86. The molecular formula is C9H10N2O. The first kappa shape index (κ1) is 7.16. The van der Waals surface area contributed by atoms with Crippen molar-refractivity contribution in [1.82, 2.24) is 9.55 Å². The van der Waals surface area contributed by atoms with E-state index in [9.17, 15) is 0 Å². The van der Waals surface area contributed by atoms with E-state index in [4.69, 9.17) is 4.74 Å². The van der Waals surface area contributed by atoms with Crippen molar-refractivity contribution in [2.75, 3.05) is 7.11 Å². The SMILES string of the molecule is COc1cc2ncccc2n1C. The smallest absolute Gasteiger partial charge is 0.195 e. The number of pyridine rings is 1. The van der Waals surface area contributed by atoms with E-state index in [0.717, 1.165) is 16.9 Å². The molecule has 0 bridgehead atoms. The van der Waals surface area contributed by atoms with E-state index >= 15 is 0 Å². The monoisotopic (exact) mass is 162 g/mol. The van der Waals surface area contributed by atoms with Gasteiger partial charge in [-0.25, -0.2) is 0 Å². The van der Waals surface area contributed by atoms with Crippen molar-refractivity contribution in [2.45, 2.75) is 0 Å². The Labute approximate surface area is 70.6 Å². The molecule has 2 heterocycles. The van der Waals surface area contributed by atoms with Crippen LogP contribution in [0.3, 0.4) is 0 Å². The number of rotatable bonds is 1. The zero-order valence-electron chi connectivity index (χ0n) is 7.11. The first-order valence-corrected chi connectivity index (χ1v) is 3.77. The lowest BCUT2D eigenvalue weighted by Crippen LogP contribution is -1.92. The maximum Gasteiger partial charge on any atom is 0.195 e. The normalized spacial score (nSPS) is 10.5. The number of aryl methyl sites for hydroxylation is 1. The van der Waals surface area contributed by atoms with Crippen molar-refractivity contribution >= 4 is 11.0 Å². The summed E-state index contributed by atoms with van der Waals surface area (Å²) in [6.07, 6.45) is 1.78. The van der Waals surface area contributed by atoms with Crippen molar-refractivity contribution < 1.29 is 4.74 Å². The van der Waals surface area contributed by atoms with Gasteiger partial charge in [-0.1, -0.05) is 0 Å². The molecule has 0 saturated heterocycles. The predicted octanol–water partition coefficient (Wildman–Crippen LogP) is 1.58. The maximum absolute atomic E-state index is 5.15. The second-order valence-corrected chi connectivity index (χ2v) is 2.65. The Morgan fingerprint density at radius 2 is 2.33 bits per heavy atom. The van der Waals surface area contributed by atoms with Crippen molar-refractivity contribution in [3.05, 3.63) is 24.4 Å². The summed E-state index contributed by atoms with van der Waals surface area (Å²) in [4.78, 5) is 4.21. The molecule has 2 aromatic rings. The van der Waals surface area contributed by atoms with Gasteiger partial charge in [-0.2, -0.15) is 0 Å². The highest BCUT2D eigenvalue weighted by Crippen LogP contribution is 2.21. The lowest BCUT2D eigenvalue weighted by Gasteiger charge is -1.99. The van der Waals surface area contributed by atoms with Crippen LogP contribution in [0.25, 0.3) is 11.0 Å². The molecule has 0 radical (unpaired) electrons. The van der Waals surface area contributed by atoms with Gasteiger partial charge in [0.2, 0.25) is 0 Å². The fourth-order valence-corrected chi connectivity index (χ4v) is 1.33. The third-order valence-electron chi connectivity index (χ3n) is 1.98. The standard InChI is InChI=1S/C9H10N2O/c1-11-8-4-3-5-10-7(8)6-9(11)12-2/h3-6H,1-2H3. The molecule has 3 heteroatoms. The van der Waals surface area contributed by atoms with E-state index in [2.05, 4.69) is 4.98 Å². The molecule has 0 aliphatic carbocycles. The molecule has 0 aliphatic heterocycles. The van der Waals surface area contributed by atoms with E-state index in [-0.39, 0.29) is 0 Å². The number of aromatic nitrogens is 2. The van der Waals surface area contributed by atoms with E-state index < -0.39 is 0 Å². The summed E-state index contributed by atoms with van der Waals surface area (Å²) >= 11 is 0. The molecule has 0 saturated carbocycles. The molecule has 2 rings (SSSR count). The maximum atomic E-state index is 5.15. The molecular weight excluding hydrogens is 152 g/mol. The minimum Gasteiger partial charge on any atom is -0.482 e. The first-order chi connectivity index (χ1) is 5.83. The predicted molar refractivity (Wildman–Crippen MR) is 47.3 cm³/mol. The molecule has 0 spiro atoms. The van der Waals surface area contributed by atoms with Gasteiger partial charge < -0.3 is 9.30 Å². The number of ether oxygens (including phenoxy) is 1. The summed E-state index contributed by atoms with van der Waals surface area (Å²) in [5.74, 6) is 0.837. The Morgan fingerprint density at radius 3 is 3.00 bits per heavy atom. The van der Waals surface area contributed by atoms with Crippen molar-refractivity contribution in [3.8, 4) is 5.88 Å². The highest BCUT2D eigenvalue weighted by atomic mass is 16.5. The van der Waals surface area contributed by atoms with Gasteiger partial charge in [0.15, 0.2) is 5.88 Å². The van der Waals surface area contributed by atoms with Crippen molar-refractivity contribution in [2.24, 2.45) is 7.05 Å². The highest BCUT2D eigenvalue weighted by Gasteiger charge is 2.04. The van der Waals surface area contributed by atoms with E-state index in [0.29, 0.717) is 0 Å². The highest BCUT2D eigenvalue weighted by molar-refractivity contribution is 5.77. The molecule has 0 N–H and O–H groups in total. The molecule has 3 nitrogen and oxygen atoms in total. The Hall–Kier alpha value is -1.51. The summed E-state index contributed by atoms with van der Waals surface area (Å²) in [6.45, 7) is 0. The van der Waals surface area contributed by atoms with Gasteiger partial charge in [0.25, 0.3) is 0 Å². The summed E-state index contributed by atoms with van der Waals surface area (Å²) in [5, 5.41) is 0. The fourth-order valence-electron chi connectivity index (χ4n) is 1.33. The van der Waals surface area contributed by atoms with Crippen molar-refractivity contribution in [1.29, 1.82) is 0 Å². The van der Waals surface area contributed by atoms with Gasteiger partial charge >= 0.3 is 0 Å². The van der Waals surface area contributed by atoms with Crippen LogP contribution in [0.2, 0.25) is 0 Å². The minimum atomic E-state index is 0.837. The molecule has 0 aliphatic rings. The molecule has 12 heavy (non-hydrogen) atoms. The average Bonchev–Trinajstić information content (AvgIpc) is 2.44. The summed E-state index contributed by atoms with van der Waals surface area (Å²) in [7, 11) is 3.62. The van der Waals surface area contributed by atoms with Gasteiger partial charge in [0.1, 0.15) is 0 Å². The van der Waals surface area contributed by atoms with Crippen LogP contribution in [0.4, 0.5) is 0 Å². The lowest BCUT2D eigenvalue weighted by atomic mass is 10.4. The zero-order chi connectivity index (χ0) is 8.55. The van der Waals surface area contributed by atoms with E-state index in [1.807, 2.05) is 29.8 Å². The molecule has 62 valence electrons. The van der Waals surface area contributed by atoms with Crippen LogP contribution in [-0.2, 0) is 7.05 Å².